The van der Waals surface area contributed by atoms with E-state index in [-0.39, 0.29) is 41.6 Å². The third-order valence-corrected chi connectivity index (χ3v) is 7.78. The van der Waals surface area contributed by atoms with E-state index in [0.29, 0.717) is 6.54 Å². The first kappa shape index (κ1) is 26.8. The molecule has 0 unspecified atom stereocenters. The summed E-state index contributed by atoms with van der Waals surface area (Å²) < 4.78 is 15.7. The van der Waals surface area contributed by atoms with Crippen LogP contribution in [0.15, 0.2) is 28.7 Å². The third-order valence-electron chi connectivity index (χ3n) is 7.78. The van der Waals surface area contributed by atoms with Gasteiger partial charge in [-0.05, 0) is 58.9 Å². The molecule has 0 bridgehead atoms. The Morgan fingerprint density at radius 3 is 2.43 bits per heavy atom. The van der Waals surface area contributed by atoms with E-state index in [4.69, 9.17) is 5.73 Å². The van der Waals surface area contributed by atoms with Gasteiger partial charge in [-0.15, -0.1) is 0 Å². The van der Waals surface area contributed by atoms with Gasteiger partial charge in [0, 0.05) is 29.2 Å². The Labute approximate surface area is 213 Å². The van der Waals surface area contributed by atoms with Gasteiger partial charge in [-0.1, -0.05) is 6.92 Å². The molecule has 1 amide bonds. The van der Waals surface area contributed by atoms with Crippen LogP contribution in [-0.4, -0.2) is 87.0 Å². The Morgan fingerprint density at radius 1 is 1.22 bits per heavy atom. The number of carbonyl (C=O) groups excluding carboxylic acids is 3. The second kappa shape index (κ2) is 9.23. The first-order valence-corrected chi connectivity index (χ1v) is 12.1. The maximum Gasteiger partial charge on any atom is 0.255 e. The summed E-state index contributed by atoms with van der Waals surface area (Å²) in [5.74, 6) is -8.21. The van der Waals surface area contributed by atoms with Gasteiger partial charge in [0.25, 0.3) is 5.91 Å². The Bertz CT molecular complexity index is 1270. The van der Waals surface area contributed by atoms with E-state index in [9.17, 15) is 34.8 Å². The minimum Gasteiger partial charge on any atom is -0.510 e. The number of Topliss-reactive ketones (excluding diaryl/α,β-unsaturated/α-hetero) is 2. The Hall–Kier alpha value is -3.28. The predicted molar refractivity (Wildman–Crippen MR) is 130 cm³/mol. The number of nitrogens with two attached hydrogens (primary N) is 1. The molecule has 0 saturated heterocycles. The molecule has 10 nitrogen and oxygen atoms in total. The fraction of sp³-hybridized carbons (Fsp3) is 0.500. The highest BCUT2D eigenvalue weighted by atomic mass is 19.1. The third kappa shape index (κ3) is 3.84. The number of allylic oxidation sites excluding steroid dienone is 1. The van der Waals surface area contributed by atoms with Crippen LogP contribution >= 0.6 is 0 Å². The van der Waals surface area contributed by atoms with Gasteiger partial charge in [0.05, 0.1) is 11.6 Å². The lowest BCUT2D eigenvalue weighted by atomic mass is 9.58. The van der Waals surface area contributed by atoms with Crippen molar-refractivity contribution < 1.29 is 39.2 Å². The van der Waals surface area contributed by atoms with Gasteiger partial charge in [-0.2, -0.15) is 0 Å². The second-order valence-corrected chi connectivity index (χ2v) is 10.4. The number of likely N-dealkylation sites (N-methyl/N-ethyl adjacent to an activating group) is 1. The monoisotopic (exact) mass is 517 g/mol. The number of amides is 1. The molecule has 0 aromatic heterocycles. The van der Waals surface area contributed by atoms with Crippen LogP contribution in [0.25, 0.3) is 0 Å². The number of ketones is 2. The van der Waals surface area contributed by atoms with Gasteiger partial charge < -0.3 is 31.1 Å². The number of phenolic OH excluding ortho intramolecular Hbond substituents is 1. The molecule has 0 heterocycles. The molecule has 3 aliphatic rings. The van der Waals surface area contributed by atoms with Gasteiger partial charge in [0.2, 0.25) is 5.78 Å². The van der Waals surface area contributed by atoms with Crippen molar-refractivity contribution in [1.29, 1.82) is 0 Å². The number of hydrogen-bond acceptors (Lipinski definition) is 9. The zero-order valence-electron chi connectivity index (χ0n) is 21.2. The van der Waals surface area contributed by atoms with E-state index in [0.717, 1.165) is 6.42 Å². The molecule has 11 heteroatoms. The van der Waals surface area contributed by atoms with Crippen molar-refractivity contribution in [3.63, 3.8) is 0 Å². The SMILES string of the molecule is CCCN(C)Cc1cc(O)c2c(c1F)C[C@H]1C[C@H]3[C@H](N(C)C)C(O)=C(C(N)=O)C(=O)[C@@]3(O)C(O)=C1C2=O. The Morgan fingerprint density at radius 2 is 1.86 bits per heavy atom. The number of aliphatic hydroxyl groups is 3. The summed E-state index contributed by atoms with van der Waals surface area (Å²) >= 11 is 0. The van der Waals surface area contributed by atoms with Crippen LogP contribution in [-0.2, 0) is 22.6 Å². The van der Waals surface area contributed by atoms with Gasteiger partial charge in [0.1, 0.15) is 28.7 Å². The fourth-order valence-corrected chi connectivity index (χ4v) is 6.22. The summed E-state index contributed by atoms with van der Waals surface area (Å²) in [5, 5.41) is 44.3. The van der Waals surface area contributed by atoms with E-state index in [1.54, 1.807) is 14.1 Å². The second-order valence-electron chi connectivity index (χ2n) is 10.4. The van der Waals surface area contributed by atoms with Crippen molar-refractivity contribution in [2.75, 3.05) is 27.7 Å². The highest BCUT2D eigenvalue weighted by Gasteiger charge is 2.63. The number of phenols is 1. The van der Waals surface area contributed by atoms with Gasteiger partial charge in [0.15, 0.2) is 11.4 Å². The van der Waals surface area contributed by atoms with Crippen molar-refractivity contribution in [2.24, 2.45) is 17.6 Å². The molecule has 0 spiro atoms. The lowest BCUT2D eigenvalue weighted by molar-refractivity contribution is -0.148. The molecule has 1 aromatic rings. The van der Waals surface area contributed by atoms with Crippen molar-refractivity contribution in [1.82, 2.24) is 9.80 Å². The average Bonchev–Trinajstić information content (AvgIpc) is 2.79. The number of rotatable bonds is 6. The van der Waals surface area contributed by atoms with Crippen LogP contribution in [0.3, 0.4) is 0 Å². The topological polar surface area (TPSA) is 165 Å². The average molecular weight is 518 g/mol. The van der Waals surface area contributed by atoms with Gasteiger partial charge in [-0.25, -0.2) is 4.39 Å². The van der Waals surface area contributed by atoms with Crippen LogP contribution in [0.5, 0.6) is 5.75 Å². The van der Waals surface area contributed by atoms with Crippen molar-refractivity contribution >= 4 is 17.5 Å². The zero-order valence-corrected chi connectivity index (χ0v) is 21.2. The van der Waals surface area contributed by atoms with E-state index >= 15 is 4.39 Å². The molecular formula is C26H32FN3O7. The summed E-state index contributed by atoms with van der Waals surface area (Å²) in [5.41, 5.74) is 1.29. The molecule has 0 fully saturated rings. The van der Waals surface area contributed by atoms with Crippen molar-refractivity contribution in [2.45, 2.75) is 44.4 Å². The van der Waals surface area contributed by atoms with Crippen LogP contribution in [0.2, 0.25) is 0 Å². The van der Waals surface area contributed by atoms with E-state index in [1.165, 1.54) is 11.0 Å². The Kier molecular flexibility index (Phi) is 6.68. The number of benzene rings is 1. The molecular weight excluding hydrogens is 485 g/mol. The minimum atomic E-state index is -2.72. The molecule has 0 radical (unpaired) electrons. The number of aromatic hydroxyl groups is 1. The molecule has 200 valence electrons. The standard InChI is InChI=1S/C26H32FN3O7/c1-5-6-30(4)10-12-9-15(31)17-13(19(12)27)7-11-8-14-20(29(2)3)22(33)18(25(28)36)24(35)26(14,37)23(34)16(11)21(17)32/h9,11,14,20,31,33-34,37H,5-8,10H2,1-4H3,(H2,28,36)/t11-,14-,20-,26-/m0/s1. The number of fused-ring (bicyclic) bond motifs is 3. The molecule has 37 heavy (non-hydrogen) atoms. The first-order chi connectivity index (χ1) is 17.3. The summed E-state index contributed by atoms with van der Waals surface area (Å²) in [6.07, 6.45) is 0.670. The Balaban J connectivity index is 1.88. The molecule has 4 atom stereocenters. The quantitative estimate of drug-likeness (QED) is 0.348. The van der Waals surface area contributed by atoms with E-state index < -0.39 is 69.6 Å². The van der Waals surface area contributed by atoms with Crippen LogP contribution in [0.4, 0.5) is 4.39 Å². The molecule has 3 aliphatic carbocycles. The van der Waals surface area contributed by atoms with E-state index in [2.05, 4.69) is 0 Å². The number of carbonyl (C=O) groups is 3. The van der Waals surface area contributed by atoms with Crippen LogP contribution < -0.4 is 5.73 Å². The largest absolute Gasteiger partial charge is 0.510 e. The van der Waals surface area contributed by atoms with E-state index in [1.807, 2.05) is 18.9 Å². The number of halogens is 1. The normalized spacial score (nSPS) is 27.5. The van der Waals surface area contributed by atoms with Crippen LogP contribution in [0, 0.1) is 17.7 Å². The maximum atomic E-state index is 15.7. The fourth-order valence-electron chi connectivity index (χ4n) is 6.22. The number of hydrogen-bond donors (Lipinski definition) is 5. The summed E-state index contributed by atoms with van der Waals surface area (Å²) in [6.45, 7) is 2.89. The van der Waals surface area contributed by atoms with Crippen LogP contribution in [0.1, 0.15) is 41.3 Å². The van der Waals surface area contributed by atoms with Crippen molar-refractivity contribution in [3.05, 3.63) is 51.2 Å². The number of aliphatic hydroxyl groups excluding tert-OH is 2. The highest BCUT2D eigenvalue weighted by Crippen LogP contribution is 2.52. The minimum absolute atomic E-state index is 0.00184. The predicted octanol–water partition coefficient (Wildman–Crippen LogP) is 1.10. The molecule has 0 aliphatic heterocycles. The summed E-state index contributed by atoms with van der Waals surface area (Å²) in [6, 6.07) is 0.0775. The lowest BCUT2D eigenvalue weighted by Crippen LogP contribution is -2.63. The number of nitrogens with zero attached hydrogens (tertiary/aromatic N) is 2. The maximum absolute atomic E-state index is 15.7. The highest BCUT2D eigenvalue weighted by molar-refractivity contribution is 6.24. The lowest BCUT2D eigenvalue weighted by Gasteiger charge is -2.50. The molecule has 4 rings (SSSR count). The summed E-state index contributed by atoms with van der Waals surface area (Å²) in [4.78, 5) is 42.2. The van der Waals surface area contributed by atoms with Crippen molar-refractivity contribution in [3.8, 4) is 5.75 Å². The first-order valence-electron chi connectivity index (χ1n) is 12.1. The molecule has 1 aromatic carbocycles. The van der Waals surface area contributed by atoms with Gasteiger partial charge in [-0.3, -0.25) is 19.3 Å². The van der Waals surface area contributed by atoms with Gasteiger partial charge >= 0.3 is 0 Å². The molecule has 6 N–H and O–H groups in total. The smallest absolute Gasteiger partial charge is 0.255 e. The number of primary amides is 1. The molecule has 0 saturated carbocycles. The zero-order chi connectivity index (χ0) is 27.6. The summed E-state index contributed by atoms with van der Waals surface area (Å²) in [7, 11) is 4.90.